The van der Waals surface area contributed by atoms with Crippen molar-refractivity contribution in [2.75, 3.05) is 31.1 Å². The van der Waals surface area contributed by atoms with Crippen LogP contribution in [-0.2, 0) is 6.54 Å². The number of nitrogens with zero attached hydrogens (tertiary/aromatic N) is 2. The van der Waals surface area contributed by atoms with Crippen LogP contribution in [0.15, 0.2) is 52.9 Å². The van der Waals surface area contributed by atoms with Crippen LogP contribution in [0, 0.1) is 0 Å². The average Bonchev–Trinajstić information content (AvgIpc) is 3.03. The fourth-order valence-corrected chi connectivity index (χ4v) is 3.62. The molecule has 1 aliphatic rings. The van der Waals surface area contributed by atoms with Gasteiger partial charge in [0.2, 0.25) is 0 Å². The molecule has 4 rings (SSSR count). The van der Waals surface area contributed by atoms with Crippen molar-refractivity contribution in [3.63, 3.8) is 0 Å². The van der Waals surface area contributed by atoms with Crippen LogP contribution in [0.25, 0.3) is 11.0 Å². The lowest BCUT2D eigenvalue weighted by Crippen LogP contribution is -2.45. The molecule has 0 saturated carbocycles. The van der Waals surface area contributed by atoms with Gasteiger partial charge in [-0.3, -0.25) is 4.90 Å². The zero-order valence-corrected chi connectivity index (χ0v) is 15.5. The maximum absolute atomic E-state index is 10.9. The number of fused-ring (bicyclic) bond motifs is 1. The summed E-state index contributed by atoms with van der Waals surface area (Å²) in [6, 6.07) is 15.6. The standard InChI is InChI=1S/C20H20ClN3O3/c21-16-3-1-2-14(10-16)13-23-6-8-24(9-7-23)17-4-5-18-15(11-17)12-19(26-18)27-20(22)25/h1-5,10-12H,6-9,13H2,(H2,22,25). The molecule has 3 aromatic rings. The van der Waals surface area contributed by atoms with Gasteiger partial charge in [-0.05, 0) is 35.9 Å². The zero-order chi connectivity index (χ0) is 18.8. The number of nitrogens with two attached hydrogens (primary N) is 1. The molecule has 27 heavy (non-hydrogen) atoms. The number of piperazine rings is 1. The quantitative estimate of drug-likeness (QED) is 0.738. The summed E-state index contributed by atoms with van der Waals surface area (Å²) >= 11 is 6.07. The highest BCUT2D eigenvalue weighted by Gasteiger charge is 2.18. The van der Waals surface area contributed by atoms with E-state index in [2.05, 4.69) is 15.9 Å². The molecule has 0 unspecified atom stereocenters. The minimum Gasteiger partial charge on any atom is -0.425 e. The second-order valence-corrected chi connectivity index (χ2v) is 7.04. The molecular weight excluding hydrogens is 366 g/mol. The Labute approximate surface area is 162 Å². The predicted octanol–water partition coefficient (Wildman–Crippen LogP) is 3.87. The Hall–Kier alpha value is -2.70. The molecule has 1 amide bonds. The van der Waals surface area contributed by atoms with E-state index in [1.165, 1.54) is 5.56 Å². The highest BCUT2D eigenvalue weighted by atomic mass is 35.5. The molecular formula is C20H20ClN3O3. The summed E-state index contributed by atoms with van der Waals surface area (Å²) < 4.78 is 10.3. The SMILES string of the molecule is NC(=O)Oc1cc2cc(N3CCN(Cc4cccc(Cl)c4)CC3)ccc2o1. The molecule has 7 heteroatoms. The first-order chi connectivity index (χ1) is 13.1. The lowest BCUT2D eigenvalue weighted by Gasteiger charge is -2.36. The largest absolute Gasteiger partial charge is 0.425 e. The normalized spacial score (nSPS) is 15.2. The van der Waals surface area contributed by atoms with E-state index < -0.39 is 6.09 Å². The van der Waals surface area contributed by atoms with Gasteiger partial charge in [0.25, 0.3) is 5.95 Å². The number of primary amides is 1. The molecule has 140 valence electrons. The summed E-state index contributed by atoms with van der Waals surface area (Å²) in [5.74, 6) is 0.112. The molecule has 0 spiro atoms. The monoisotopic (exact) mass is 385 g/mol. The maximum Gasteiger partial charge on any atom is 0.412 e. The lowest BCUT2D eigenvalue weighted by atomic mass is 10.1. The van der Waals surface area contributed by atoms with Crippen LogP contribution in [-0.4, -0.2) is 37.2 Å². The number of halogens is 1. The van der Waals surface area contributed by atoms with E-state index in [4.69, 9.17) is 26.5 Å². The van der Waals surface area contributed by atoms with E-state index in [0.29, 0.717) is 5.58 Å². The predicted molar refractivity (Wildman–Crippen MR) is 105 cm³/mol. The minimum absolute atomic E-state index is 0.112. The van der Waals surface area contributed by atoms with Crippen molar-refractivity contribution in [3.8, 4) is 5.95 Å². The van der Waals surface area contributed by atoms with E-state index >= 15 is 0 Å². The number of carbonyl (C=O) groups is 1. The third kappa shape index (κ3) is 4.18. The van der Waals surface area contributed by atoms with E-state index in [9.17, 15) is 4.79 Å². The molecule has 1 aliphatic heterocycles. The van der Waals surface area contributed by atoms with E-state index in [1.54, 1.807) is 6.07 Å². The van der Waals surface area contributed by atoms with Crippen molar-refractivity contribution < 1.29 is 13.9 Å². The smallest absolute Gasteiger partial charge is 0.412 e. The van der Waals surface area contributed by atoms with Gasteiger partial charge < -0.3 is 19.8 Å². The van der Waals surface area contributed by atoms with Gasteiger partial charge in [-0.15, -0.1) is 0 Å². The van der Waals surface area contributed by atoms with Crippen LogP contribution in [0.3, 0.4) is 0 Å². The number of rotatable bonds is 4. The van der Waals surface area contributed by atoms with Gasteiger partial charge in [0.05, 0.1) is 0 Å². The van der Waals surface area contributed by atoms with Crippen LogP contribution in [0.2, 0.25) is 5.02 Å². The number of hydrogen-bond donors (Lipinski definition) is 1. The Morgan fingerprint density at radius 3 is 2.67 bits per heavy atom. The van der Waals surface area contributed by atoms with E-state index in [0.717, 1.165) is 48.8 Å². The van der Waals surface area contributed by atoms with Crippen LogP contribution >= 0.6 is 11.6 Å². The zero-order valence-electron chi connectivity index (χ0n) is 14.7. The van der Waals surface area contributed by atoms with Crippen LogP contribution in [0.1, 0.15) is 5.56 Å². The number of ether oxygens (including phenoxy) is 1. The summed E-state index contributed by atoms with van der Waals surface area (Å²) in [7, 11) is 0. The van der Waals surface area contributed by atoms with Gasteiger partial charge >= 0.3 is 6.09 Å². The average molecular weight is 386 g/mol. The van der Waals surface area contributed by atoms with Gasteiger partial charge in [-0.1, -0.05) is 23.7 Å². The summed E-state index contributed by atoms with van der Waals surface area (Å²) in [4.78, 5) is 15.6. The van der Waals surface area contributed by atoms with Crippen LogP contribution in [0.5, 0.6) is 5.95 Å². The minimum atomic E-state index is -0.884. The third-order valence-electron chi connectivity index (χ3n) is 4.71. The Morgan fingerprint density at radius 1 is 1.11 bits per heavy atom. The molecule has 1 saturated heterocycles. The fraction of sp³-hybridized carbons (Fsp3) is 0.250. The first-order valence-electron chi connectivity index (χ1n) is 8.79. The van der Waals surface area contributed by atoms with Gasteiger partial charge in [0, 0.05) is 54.9 Å². The van der Waals surface area contributed by atoms with Crippen molar-refractivity contribution in [1.29, 1.82) is 0 Å². The summed E-state index contributed by atoms with van der Waals surface area (Å²) in [5, 5.41) is 1.66. The van der Waals surface area contributed by atoms with Gasteiger partial charge in [0.1, 0.15) is 5.58 Å². The number of furan rings is 1. The Kier molecular flexibility index (Phi) is 4.92. The van der Waals surface area contributed by atoms with Crippen molar-refractivity contribution in [1.82, 2.24) is 4.90 Å². The Balaban J connectivity index is 1.40. The molecule has 6 nitrogen and oxygen atoms in total. The molecule has 0 radical (unpaired) electrons. The molecule has 0 atom stereocenters. The first kappa shape index (κ1) is 17.7. The van der Waals surface area contributed by atoms with Crippen molar-refractivity contribution in [2.45, 2.75) is 6.54 Å². The molecule has 0 aliphatic carbocycles. The molecule has 0 bridgehead atoms. The summed E-state index contributed by atoms with van der Waals surface area (Å²) in [6.07, 6.45) is -0.884. The second kappa shape index (κ2) is 7.50. The molecule has 2 aromatic carbocycles. The highest BCUT2D eigenvalue weighted by Crippen LogP contribution is 2.29. The van der Waals surface area contributed by atoms with Crippen molar-refractivity contribution in [3.05, 3.63) is 59.1 Å². The summed E-state index contributed by atoms with van der Waals surface area (Å²) in [5.41, 5.74) is 8.05. The maximum atomic E-state index is 10.9. The topological polar surface area (TPSA) is 71.9 Å². The van der Waals surface area contributed by atoms with Crippen LogP contribution < -0.4 is 15.4 Å². The molecule has 1 fully saturated rings. The molecule has 1 aromatic heterocycles. The summed E-state index contributed by atoms with van der Waals surface area (Å²) in [6.45, 7) is 4.74. The lowest BCUT2D eigenvalue weighted by molar-refractivity contribution is 0.199. The van der Waals surface area contributed by atoms with Crippen molar-refractivity contribution in [2.24, 2.45) is 5.73 Å². The van der Waals surface area contributed by atoms with Crippen LogP contribution in [0.4, 0.5) is 10.5 Å². The number of benzene rings is 2. The number of anilines is 1. The second-order valence-electron chi connectivity index (χ2n) is 6.60. The fourth-order valence-electron chi connectivity index (χ4n) is 3.41. The van der Waals surface area contributed by atoms with E-state index in [1.807, 2.05) is 36.4 Å². The van der Waals surface area contributed by atoms with Gasteiger partial charge in [-0.25, -0.2) is 4.79 Å². The Morgan fingerprint density at radius 2 is 1.93 bits per heavy atom. The molecule has 2 N–H and O–H groups in total. The Bertz CT molecular complexity index is 964. The van der Waals surface area contributed by atoms with Gasteiger partial charge in [0.15, 0.2) is 0 Å². The number of amides is 1. The van der Waals surface area contributed by atoms with E-state index in [-0.39, 0.29) is 5.95 Å². The van der Waals surface area contributed by atoms with Gasteiger partial charge in [-0.2, -0.15) is 0 Å². The first-order valence-corrected chi connectivity index (χ1v) is 9.17. The third-order valence-corrected chi connectivity index (χ3v) is 4.95. The van der Waals surface area contributed by atoms with Crippen molar-refractivity contribution >= 4 is 34.4 Å². The molecule has 2 heterocycles. The number of carbonyl (C=O) groups excluding carboxylic acids is 1. The number of hydrogen-bond acceptors (Lipinski definition) is 5. The highest BCUT2D eigenvalue weighted by molar-refractivity contribution is 6.30.